The predicted molar refractivity (Wildman–Crippen MR) is 384 cm³/mol. The Morgan fingerprint density at radius 2 is 0.712 bits per heavy atom. The number of aliphatic hydroxyl groups excluding tert-OH is 2. The molecule has 104 heavy (non-hydrogen) atoms. The lowest BCUT2D eigenvalue weighted by atomic mass is 9.96. The third-order valence-electron chi connectivity index (χ3n) is 21.9. The molecule has 7 fully saturated rings. The molecule has 19 atom stereocenters. The standard InChI is InChI=1S/C74H112N16O14/c1-41(2)25-44(28-64(94)81-47(39-91)31-66(96)85-57-22-10-18-50(57)72(102)90-62-38-79-35-55(62)74(104)89-59-24-12-20-52(59)71(101)84-48(40-92)32-67(97)86-60-36-77-33-53(60)68(76)98)80-63(93)29-45(26-42-13-5-3-6-14-42)83-73(103)54-34-78-37-61(54)87-65(95)30-46(27-43-15-7-4-8-16-43)82-70(100)51-19-11-23-58(51)88-69(99)49-17-9-21-56(49)75/h3-8,13-16,41,44-62,77-79,91-92H,9-12,17-40,75H2,1-2H3,(H2,76,98)(H,80,93)(H,81,94)(H,82,100)(H,83,103)(H,84,101)(H,85,96)(H,86,97)(H,87,95)(H,88,99)(H,89,104)(H,90,102)/t44-,45-,46-,47+,48+,49-,50-,51-,52-,53-,54-,55-,56-,57-,58-,59-,60-,61-,62-/m0/s1. The SMILES string of the molecule is CC(C)C[C@@H](CC(=O)N[C@@H](CO)CC(=O)N[C@H]1CCC[C@@H]1C(=O)N[C@H]1CNC[C@@H]1C(=O)N[C@H]1CCC[C@@H]1C(=O)N[C@@H](CO)CC(=O)N[C@H]1CNC[C@@H]1C(N)=O)NC(=O)C[C@H](Cc1ccccc1)NC(=O)[C@H]1CNC[C@@H]1NC(=O)C[C@H](Cc1ccccc1)NC(=O)[C@H]1CCC[C@@H]1NC(=O)[C@H]1CCC[C@@H]1N. The van der Waals surface area contributed by atoms with Gasteiger partial charge in [0.15, 0.2) is 0 Å². The molecule has 30 heteroatoms. The minimum atomic E-state index is -1.01. The number of primary amides is 1. The lowest BCUT2D eigenvalue weighted by Gasteiger charge is -2.27. The van der Waals surface area contributed by atoms with E-state index in [-0.39, 0.29) is 111 Å². The third-order valence-corrected chi connectivity index (χ3v) is 21.9. The average molecular weight is 1450 g/mol. The summed E-state index contributed by atoms with van der Waals surface area (Å²) in [5, 5.41) is 62.7. The van der Waals surface area contributed by atoms with Crippen molar-refractivity contribution in [2.75, 3.05) is 52.5 Å². The van der Waals surface area contributed by atoms with Gasteiger partial charge >= 0.3 is 0 Å². The van der Waals surface area contributed by atoms with Gasteiger partial charge in [0.2, 0.25) is 70.9 Å². The number of benzene rings is 2. The Kier molecular flexibility index (Phi) is 30.2. The Morgan fingerprint density at radius 3 is 1.18 bits per heavy atom. The van der Waals surface area contributed by atoms with E-state index in [1.807, 2.05) is 74.5 Å². The van der Waals surface area contributed by atoms with Crippen molar-refractivity contribution in [1.82, 2.24) is 74.4 Å². The van der Waals surface area contributed by atoms with E-state index < -0.39 is 145 Å². The number of aliphatic hydroxyl groups is 2. The fraction of sp³-hybridized carbons (Fsp3) is 0.676. The van der Waals surface area contributed by atoms with E-state index in [9.17, 15) is 67.7 Å². The molecular formula is C74H112N16O14. The highest BCUT2D eigenvalue weighted by atomic mass is 16.3. The molecule has 572 valence electrons. The first-order chi connectivity index (χ1) is 50.0. The van der Waals surface area contributed by atoms with Gasteiger partial charge in [-0.3, -0.25) is 57.5 Å². The first-order valence-corrected chi connectivity index (χ1v) is 37.8. The quantitative estimate of drug-likeness (QED) is 0.0334. The highest BCUT2D eigenvalue weighted by Crippen LogP contribution is 2.32. The minimum Gasteiger partial charge on any atom is -0.394 e. The van der Waals surface area contributed by atoms with Crippen LogP contribution in [-0.4, -0.2) is 206 Å². The minimum absolute atomic E-state index is 0.0257. The van der Waals surface area contributed by atoms with E-state index in [1.54, 1.807) is 0 Å². The summed E-state index contributed by atoms with van der Waals surface area (Å²) in [4.78, 5) is 164. The van der Waals surface area contributed by atoms with Crippen molar-refractivity contribution in [2.45, 2.75) is 215 Å². The molecule has 3 heterocycles. The number of rotatable bonds is 36. The van der Waals surface area contributed by atoms with E-state index in [0.29, 0.717) is 90.4 Å². The molecule has 2 aromatic rings. The molecule has 12 amide bonds. The van der Waals surface area contributed by atoms with Crippen molar-refractivity contribution in [3.05, 3.63) is 71.8 Å². The topological polar surface area (TPSA) is 466 Å². The maximum atomic E-state index is 14.4. The van der Waals surface area contributed by atoms with Crippen LogP contribution >= 0.6 is 0 Å². The van der Waals surface area contributed by atoms with Crippen molar-refractivity contribution >= 4 is 70.9 Å². The first-order valence-electron chi connectivity index (χ1n) is 37.8. The van der Waals surface area contributed by atoms with Crippen LogP contribution in [0.3, 0.4) is 0 Å². The molecule has 2 aromatic carbocycles. The highest BCUT2D eigenvalue weighted by molar-refractivity contribution is 5.89. The summed E-state index contributed by atoms with van der Waals surface area (Å²) in [5.74, 6) is -8.69. The fourth-order valence-electron chi connectivity index (χ4n) is 16.5. The molecule has 9 rings (SSSR count). The van der Waals surface area contributed by atoms with Crippen LogP contribution in [0.15, 0.2) is 60.7 Å². The molecule has 4 aliphatic carbocycles. The predicted octanol–water partition coefficient (Wildman–Crippen LogP) is -2.54. The Labute approximate surface area is 608 Å². The summed E-state index contributed by atoms with van der Waals surface area (Å²) < 4.78 is 0. The Hall–Kier alpha value is -8.16. The summed E-state index contributed by atoms with van der Waals surface area (Å²) in [6.07, 6.45) is 7.67. The van der Waals surface area contributed by atoms with Crippen LogP contribution in [0.25, 0.3) is 0 Å². The molecule has 0 bridgehead atoms. The summed E-state index contributed by atoms with van der Waals surface area (Å²) in [6, 6.07) is 11.6. The van der Waals surface area contributed by atoms with Gasteiger partial charge in [-0.05, 0) is 87.7 Å². The Bertz CT molecular complexity index is 3280. The number of carbonyl (C=O) groups is 12. The highest BCUT2D eigenvalue weighted by Gasteiger charge is 2.44. The molecular weight excluding hydrogens is 1340 g/mol. The Balaban J connectivity index is 0.727. The molecule has 0 unspecified atom stereocenters. The second-order valence-corrected chi connectivity index (χ2v) is 30.4. The number of hydrogen-bond donors (Lipinski definition) is 18. The molecule has 3 saturated heterocycles. The smallest absolute Gasteiger partial charge is 0.226 e. The van der Waals surface area contributed by atoms with E-state index in [0.717, 1.165) is 36.8 Å². The van der Waals surface area contributed by atoms with E-state index in [2.05, 4.69) is 74.4 Å². The zero-order valence-corrected chi connectivity index (χ0v) is 60.1. The maximum absolute atomic E-state index is 14.4. The van der Waals surface area contributed by atoms with Gasteiger partial charge < -0.3 is 96.1 Å². The van der Waals surface area contributed by atoms with Crippen LogP contribution in [0.4, 0.5) is 0 Å². The number of carbonyl (C=O) groups excluding carboxylic acids is 12. The lowest BCUT2D eigenvalue weighted by molar-refractivity contribution is -0.132. The lowest BCUT2D eigenvalue weighted by Crippen LogP contribution is -2.53. The summed E-state index contributed by atoms with van der Waals surface area (Å²) in [6.45, 7) is 4.55. The second kappa shape index (κ2) is 39.3. The van der Waals surface area contributed by atoms with Crippen LogP contribution in [0.2, 0.25) is 0 Å². The van der Waals surface area contributed by atoms with Crippen LogP contribution < -0.4 is 85.9 Å². The normalized spacial score (nSPS) is 27.8. The first kappa shape index (κ1) is 79.9. The van der Waals surface area contributed by atoms with Crippen molar-refractivity contribution in [3.8, 4) is 0 Å². The summed E-state index contributed by atoms with van der Waals surface area (Å²) in [5.41, 5.74) is 13.5. The van der Waals surface area contributed by atoms with E-state index in [1.165, 1.54) is 0 Å². The molecule has 3 aliphatic heterocycles. The van der Waals surface area contributed by atoms with Gasteiger partial charge in [-0.1, -0.05) is 100 Å². The summed E-state index contributed by atoms with van der Waals surface area (Å²) in [7, 11) is 0. The average Bonchev–Trinajstić information content (AvgIpc) is 1.67. The zero-order valence-electron chi connectivity index (χ0n) is 60.1. The van der Waals surface area contributed by atoms with Gasteiger partial charge in [-0.2, -0.15) is 0 Å². The van der Waals surface area contributed by atoms with Crippen LogP contribution in [0.1, 0.15) is 141 Å². The van der Waals surface area contributed by atoms with E-state index >= 15 is 0 Å². The molecule has 0 radical (unpaired) electrons. The van der Waals surface area contributed by atoms with E-state index in [4.69, 9.17) is 11.5 Å². The fourth-order valence-corrected chi connectivity index (χ4v) is 16.5. The molecule has 30 nitrogen and oxygen atoms in total. The van der Waals surface area contributed by atoms with Gasteiger partial charge in [0.25, 0.3) is 0 Å². The number of nitrogens with one attached hydrogen (secondary N) is 14. The van der Waals surface area contributed by atoms with Crippen molar-refractivity contribution in [2.24, 2.45) is 58.8 Å². The maximum Gasteiger partial charge on any atom is 0.226 e. The van der Waals surface area contributed by atoms with Gasteiger partial charge in [0, 0.05) is 114 Å². The van der Waals surface area contributed by atoms with Gasteiger partial charge in [-0.25, -0.2) is 0 Å². The van der Waals surface area contributed by atoms with Crippen LogP contribution in [-0.2, 0) is 70.4 Å². The monoisotopic (exact) mass is 1450 g/mol. The van der Waals surface area contributed by atoms with Crippen LogP contribution in [0.5, 0.6) is 0 Å². The number of amides is 12. The largest absolute Gasteiger partial charge is 0.394 e. The van der Waals surface area contributed by atoms with Crippen molar-refractivity contribution in [3.63, 3.8) is 0 Å². The van der Waals surface area contributed by atoms with Crippen LogP contribution in [0, 0.1) is 47.3 Å². The number of hydrogen-bond acceptors (Lipinski definition) is 18. The molecule has 0 spiro atoms. The van der Waals surface area contributed by atoms with Gasteiger partial charge in [0.1, 0.15) is 0 Å². The summed E-state index contributed by atoms with van der Waals surface area (Å²) >= 11 is 0. The third kappa shape index (κ3) is 23.4. The molecule has 20 N–H and O–H groups in total. The molecule has 4 saturated carbocycles. The van der Waals surface area contributed by atoms with Crippen molar-refractivity contribution in [1.29, 1.82) is 0 Å². The molecule has 0 aromatic heterocycles. The molecule has 7 aliphatic rings. The second-order valence-electron chi connectivity index (χ2n) is 30.4. The number of nitrogens with two attached hydrogens (primary N) is 2. The Morgan fingerprint density at radius 1 is 0.375 bits per heavy atom. The van der Waals surface area contributed by atoms with Crippen molar-refractivity contribution < 1.29 is 67.7 Å². The van der Waals surface area contributed by atoms with Gasteiger partial charge in [0.05, 0.1) is 84.8 Å². The zero-order chi connectivity index (χ0) is 74.4. The van der Waals surface area contributed by atoms with Gasteiger partial charge in [-0.15, -0.1) is 0 Å².